The molecule has 10 heteroatoms. The van der Waals surface area contributed by atoms with Crippen LogP contribution in [0.3, 0.4) is 0 Å². The molecule has 0 radical (unpaired) electrons. The third-order valence-electron chi connectivity index (χ3n) is 5.71. The largest absolute Gasteiger partial charge is 0.508 e. The second-order valence-electron chi connectivity index (χ2n) is 7.73. The average molecular weight is 510 g/mol. The van der Waals surface area contributed by atoms with Crippen molar-refractivity contribution in [1.29, 1.82) is 0 Å². The molecule has 3 N–H and O–H groups in total. The molecule has 2 aromatic rings. The van der Waals surface area contributed by atoms with Crippen molar-refractivity contribution in [2.24, 2.45) is 0 Å². The molecule has 1 unspecified atom stereocenters. The molecule has 2 aliphatic rings. The molecular weight excluding hydrogens is 495 g/mol. The third-order valence-corrected chi connectivity index (χ3v) is 6.97. The molecule has 1 heterocycles. The maximum atomic E-state index is 12.3. The predicted octanol–water partition coefficient (Wildman–Crippen LogP) is 5.75. The molecular formula is C23H15Cl3O7. The highest BCUT2D eigenvalue weighted by molar-refractivity contribution is 6.47. The minimum Gasteiger partial charge on any atom is -0.508 e. The Balaban J connectivity index is 2.13. The number of benzene rings is 2. The van der Waals surface area contributed by atoms with Crippen LogP contribution in [-0.2, 0) is 4.79 Å². The fourth-order valence-corrected chi connectivity index (χ4v) is 5.08. The lowest BCUT2D eigenvalue weighted by Crippen LogP contribution is -2.23. The van der Waals surface area contributed by atoms with Gasteiger partial charge in [-0.2, -0.15) is 0 Å². The van der Waals surface area contributed by atoms with E-state index >= 15 is 0 Å². The van der Waals surface area contributed by atoms with Crippen LogP contribution in [0.5, 0.6) is 11.5 Å². The van der Waals surface area contributed by atoms with E-state index in [4.69, 9.17) is 39.5 Å². The number of rotatable bonds is 3. The summed E-state index contributed by atoms with van der Waals surface area (Å²) in [5.74, 6) is -3.74. The number of allylic oxidation sites excluding steroid dienone is 4. The Morgan fingerprint density at radius 3 is 2.21 bits per heavy atom. The molecule has 0 spiro atoms. The fourth-order valence-electron chi connectivity index (χ4n) is 4.08. The van der Waals surface area contributed by atoms with E-state index in [2.05, 4.69) is 0 Å². The van der Waals surface area contributed by atoms with Gasteiger partial charge in [-0.1, -0.05) is 34.8 Å². The number of aromatic carboxylic acids is 2. The van der Waals surface area contributed by atoms with Crippen LogP contribution in [0, 0.1) is 6.92 Å². The first kappa shape index (κ1) is 23.2. The molecule has 0 bridgehead atoms. The molecule has 4 rings (SSSR count). The van der Waals surface area contributed by atoms with Gasteiger partial charge in [0.25, 0.3) is 0 Å². The number of Topliss-reactive ketones (excluding diaryl/α,β-unsaturated/α-hetero) is 1. The fraction of sp³-hybridized carbons (Fsp3) is 0.174. The van der Waals surface area contributed by atoms with Gasteiger partial charge in [-0.3, -0.25) is 4.79 Å². The quantitative estimate of drug-likeness (QED) is 0.450. The molecule has 2 aromatic carbocycles. The number of carboxylic acids is 2. The molecule has 0 saturated heterocycles. The summed E-state index contributed by atoms with van der Waals surface area (Å²) in [5, 5.41) is 28.4. The number of carboxylic acid groups (broad SMARTS) is 2. The summed E-state index contributed by atoms with van der Waals surface area (Å²) in [6.07, 6.45) is 1.54. The minimum atomic E-state index is -1.60. The Bertz CT molecular complexity index is 1350. The Morgan fingerprint density at radius 1 is 1.00 bits per heavy atom. The van der Waals surface area contributed by atoms with Gasteiger partial charge in [0.05, 0.1) is 32.6 Å². The molecule has 0 aromatic heterocycles. The van der Waals surface area contributed by atoms with Crippen LogP contribution in [0.15, 0.2) is 35.1 Å². The highest BCUT2D eigenvalue weighted by atomic mass is 35.5. The zero-order valence-corrected chi connectivity index (χ0v) is 19.4. The molecule has 170 valence electrons. The van der Waals surface area contributed by atoms with Crippen molar-refractivity contribution < 1.29 is 34.4 Å². The molecule has 33 heavy (non-hydrogen) atoms. The third kappa shape index (κ3) is 3.57. The van der Waals surface area contributed by atoms with Crippen molar-refractivity contribution in [3.05, 3.63) is 78.0 Å². The van der Waals surface area contributed by atoms with Gasteiger partial charge in [0.15, 0.2) is 5.78 Å². The van der Waals surface area contributed by atoms with Crippen molar-refractivity contribution in [2.45, 2.75) is 26.2 Å². The normalized spacial score (nSPS) is 17.2. The summed E-state index contributed by atoms with van der Waals surface area (Å²) < 4.78 is 5.92. The van der Waals surface area contributed by atoms with Crippen molar-refractivity contribution >= 4 is 52.5 Å². The number of hydrogen-bond acceptors (Lipinski definition) is 5. The van der Waals surface area contributed by atoms with E-state index in [9.17, 15) is 29.7 Å². The zero-order valence-electron chi connectivity index (χ0n) is 17.1. The van der Waals surface area contributed by atoms with Crippen LogP contribution in [0.4, 0.5) is 0 Å². The summed E-state index contributed by atoms with van der Waals surface area (Å²) >= 11 is 19.3. The average Bonchev–Trinajstić information content (AvgIpc) is 2.72. The standard InChI is InChI=1S/C23H15Cl3O7/c1-7-3-9-13(5-11(7)27)33-14-6-12(28)8(2)4-10(14)15(9)16-19(24)17(22(29)30)18(23(31)32)21(26)20(16)25/h3-5,15,27H,6H2,1-2H3,(H,29,30)(H,31,32). The number of phenols is 1. The summed E-state index contributed by atoms with van der Waals surface area (Å²) in [7, 11) is 0. The Hall–Kier alpha value is -3.00. The lowest BCUT2D eigenvalue weighted by atomic mass is 9.77. The number of ketones is 1. The summed E-state index contributed by atoms with van der Waals surface area (Å²) in [5.41, 5.74) is 0.568. The van der Waals surface area contributed by atoms with E-state index in [0.717, 1.165) is 0 Å². The van der Waals surface area contributed by atoms with E-state index in [0.29, 0.717) is 22.3 Å². The SMILES string of the molecule is CC1=CC2=C(CC1=O)Oc1cc(O)c(C)cc1C2c1c(Cl)c(Cl)c(C(=O)O)c(C(=O)O)c1Cl. The van der Waals surface area contributed by atoms with Crippen LogP contribution in [-0.4, -0.2) is 33.0 Å². The van der Waals surface area contributed by atoms with E-state index in [1.165, 1.54) is 6.07 Å². The van der Waals surface area contributed by atoms with Crippen molar-refractivity contribution in [3.8, 4) is 11.5 Å². The monoisotopic (exact) mass is 508 g/mol. The van der Waals surface area contributed by atoms with Gasteiger partial charge in [0.1, 0.15) is 17.3 Å². The number of halogens is 3. The molecule has 1 atom stereocenters. The van der Waals surface area contributed by atoms with E-state index in [-0.39, 0.29) is 40.0 Å². The highest BCUT2D eigenvalue weighted by Crippen LogP contribution is 2.53. The van der Waals surface area contributed by atoms with E-state index < -0.39 is 39.0 Å². The first-order chi connectivity index (χ1) is 15.4. The summed E-state index contributed by atoms with van der Waals surface area (Å²) in [6, 6.07) is 3.01. The van der Waals surface area contributed by atoms with Crippen LogP contribution in [0.25, 0.3) is 0 Å². The first-order valence-corrected chi connectivity index (χ1v) is 10.7. The van der Waals surface area contributed by atoms with Gasteiger partial charge in [0, 0.05) is 28.7 Å². The second kappa shape index (κ2) is 8.09. The van der Waals surface area contributed by atoms with Crippen LogP contribution in [0.2, 0.25) is 15.1 Å². The smallest absolute Gasteiger partial charge is 0.338 e. The molecule has 0 amide bonds. The van der Waals surface area contributed by atoms with Crippen LogP contribution in [0.1, 0.15) is 56.7 Å². The molecule has 7 nitrogen and oxygen atoms in total. The number of ether oxygens (including phenoxy) is 1. The van der Waals surface area contributed by atoms with E-state index in [1.807, 2.05) is 0 Å². The Labute approximate surface area is 202 Å². The molecule has 1 aliphatic carbocycles. The number of carbonyl (C=O) groups excluding carboxylic acids is 1. The van der Waals surface area contributed by atoms with Crippen LogP contribution >= 0.6 is 34.8 Å². The maximum Gasteiger partial charge on any atom is 0.338 e. The first-order valence-electron chi connectivity index (χ1n) is 9.56. The Kier molecular flexibility index (Phi) is 5.68. The van der Waals surface area contributed by atoms with Gasteiger partial charge < -0.3 is 20.1 Å². The Morgan fingerprint density at radius 2 is 1.61 bits per heavy atom. The molecule has 1 aliphatic heterocycles. The van der Waals surface area contributed by atoms with Crippen LogP contribution < -0.4 is 4.74 Å². The maximum absolute atomic E-state index is 12.3. The number of aryl methyl sites for hydroxylation is 1. The highest BCUT2D eigenvalue weighted by Gasteiger charge is 2.39. The van der Waals surface area contributed by atoms with Crippen molar-refractivity contribution in [2.75, 3.05) is 0 Å². The lowest BCUT2D eigenvalue weighted by Gasteiger charge is -2.33. The number of hydrogen-bond donors (Lipinski definition) is 3. The van der Waals surface area contributed by atoms with E-state index in [1.54, 1.807) is 26.0 Å². The lowest BCUT2D eigenvalue weighted by molar-refractivity contribution is -0.115. The summed E-state index contributed by atoms with van der Waals surface area (Å²) in [6.45, 7) is 3.29. The van der Waals surface area contributed by atoms with Gasteiger partial charge in [0.2, 0.25) is 0 Å². The topological polar surface area (TPSA) is 121 Å². The van der Waals surface area contributed by atoms with Gasteiger partial charge >= 0.3 is 11.9 Å². The van der Waals surface area contributed by atoms with Crippen molar-refractivity contribution in [1.82, 2.24) is 0 Å². The van der Waals surface area contributed by atoms with Gasteiger partial charge in [-0.25, -0.2) is 9.59 Å². The predicted molar refractivity (Wildman–Crippen MR) is 121 cm³/mol. The second-order valence-corrected chi connectivity index (χ2v) is 8.87. The van der Waals surface area contributed by atoms with Gasteiger partial charge in [-0.05, 0) is 37.1 Å². The number of aromatic hydroxyl groups is 1. The summed E-state index contributed by atoms with van der Waals surface area (Å²) in [4.78, 5) is 36.1. The zero-order chi connectivity index (χ0) is 24.4. The molecule has 0 saturated carbocycles. The minimum absolute atomic E-state index is 0.0481. The number of carbonyl (C=O) groups is 3. The number of phenolic OH excluding ortho intramolecular Hbond substituents is 1. The molecule has 0 fully saturated rings. The van der Waals surface area contributed by atoms with Crippen molar-refractivity contribution in [3.63, 3.8) is 0 Å². The van der Waals surface area contributed by atoms with Gasteiger partial charge in [-0.15, -0.1) is 0 Å². The number of fused-ring (bicyclic) bond motifs is 1.